The normalized spacial score (nSPS) is 16.0. The standard InChI is InChI=1S/C10H20N4O/c1-11-10(12-2)13-7-3-4-9(15)14-8-5-6-8/h8H,3-7H2,1-2H3,(H,14,15)(H2,11,12,13). The highest BCUT2D eigenvalue weighted by Crippen LogP contribution is 2.18. The van der Waals surface area contributed by atoms with Gasteiger partial charge in [-0.2, -0.15) is 0 Å². The summed E-state index contributed by atoms with van der Waals surface area (Å²) in [5, 5.41) is 8.98. The topological polar surface area (TPSA) is 65.5 Å². The molecule has 0 aromatic carbocycles. The van der Waals surface area contributed by atoms with E-state index in [1.807, 2.05) is 7.05 Å². The lowest BCUT2D eigenvalue weighted by molar-refractivity contribution is -0.121. The van der Waals surface area contributed by atoms with E-state index in [9.17, 15) is 4.79 Å². The SMILES string of the molecule is CN=C(NC)NCCCC(=O)NC1CC1. The van der Waals surface area contributed by atoms with Crippen LogP contribution in [-0.2, 0) is 4.79 Å². The smallest absolute Gasteiger partial charge is 0.220 e. The molecule has 0 saturated heterocycles. The first-order valence-electron chi connectivity index (χ1n) is 5.44. The van der Waals surface area contributed by atoms with Gasteiger partial charge < -0.3 is 16.0 Å². The zero-order valence-corrected chi connectivity index (χ0v) is 9.47. The van der Waals surface area contributed by atoms with Gasteiger partial charge in [0.15, 0.2) is 5.96 Å². The molecule has 1 saturated carbocycles. The fraction of sp³-hybridized carbons (Fsp3) is 0.800. The molecule has 0 bridgehead atoms. The lowest BCUT2D eigenvalue weighted by atomic mass is 10.3. The van der Waals surface area contributed by atoms with E-state index in [0.717, 1.165) is 31.8 Å². The van der Waals surface area contributed by atoms with Gasteiger partial charge >= 0.3 is 0 Å². The molecule has 0 aliphatic heterocycles. The Balaban J connectivity index is 1.97. The van der Waals surface area contributed by atoms with Crippen molar-refractivity contribution in [3.05, 3.63) is 0 Å². The van der Waals surface area contributed by atoms with E-state index in [1.54, 1.807) is 7.05 Å². The van der Waals surface area contributed by atoms with Crippen molar-refractivity contribution in [2.75, 3.05) is 20.6 Å². The molecule has 0 unspecified atom stereocenters. The maximum atomic E-state index is 11.3. The third-order valence-electron chi connectivity index (χ3n) is 2.28. The summed E-state index contributed by atoms with van der Waals surface area (Å²) < 4.78 is 0. The maximum absolute atomic E-state index is 11.3. The lowest BCUT2D eigenvalue weighted by Gasteiger charge is -2.08. The van der Waals surface area contributed by atoms with Crippen molar-refractivity contribution in [1.82, 2.24) is 16.0 Å². The van der Waals surface area contributed by atoms with Crippen LogP contribution in [0.2, 0.25) is 0 Å². The summed E-state index contributed by atoms with van der Waals surface area (Å²) in [7, 11) is 3.54. The van der Waals surface area contributed by atoms with Crippen LogP contribution in [0.1, 0.15) is 25.7 Å². The summed E-state index contributed by atoms with van der Waals surface area (Å²) >= 11 is 0. The largest absolute Gasteiger partial charge is 0.359 e. The second kappa shape index (κ2) is 6.27. The summed E-state index contributed by atoms with van der Waals surface area (Å²) in [6.45, 7) is 0.769. The van der Waals surface area contributed by atoms with Gasteiger partial charge in [-0.25, -0.2) is 0 Å². The van der Waals surface area contributed by atoms with Crippen molar-refractivity contribution in [2.45, 2.75) is 31.7 Å². The van der Waals surface area contributed by atoms with Gasteiger partial charge in [0.1, 0.15) is 0 Å². The molecule has 86 valence electrons. The highest BCUT2D eigenvalue weighted by Gasteiger charge is 2.22. The van der Waals surface area contributed by atoms with Gasteiger partial charge in [0.2, 0.25) is 5.91 Å². The van der Waals surface area contributed by atoms with Crippen LogP contribution in [0.3, 0.4) is 0 Å². The Hall–Kier alpha value is -1.26. The predicted molar refractivity (Wildman–Crippen MR) is 60.8 cm³/mol. The van der Waals surface area contributed by atoms with Crippen LogP contribution in [0.25, 0.3) is 0 Å². The number of guanidine groups is 1. The molecular formula is C10H20N4O. The number of rotatable bonds is 5. The number of nitrogens with one attached hydrogen (secondary N) is 3. The maximum Gasteiger partial charge on any atom is 0.220 e. The van der Waals surface area contributed by atoms with Crippen LogP contribution < -0.4 is 16.0 Å². The molecule has 5 nitrogen and oxygen atoms in total. The molecule has 0 aromatic rings. The first-order chi connectivity index (χ1) is 7.26. The molecular weight excluding hydrogens is 192 g/mol. The van der Waals surface area contributed by atoms with Crippen molar-refractivity contribution in [3.8, 4) is 0 Å². The average Bonchev–Trinajstić information content (AvgIpc) is 3.02. The summed E-state index contributed by atoms with van der Waals surface area (Å²) in [6.07, 6.45) is 3.72. The first-order valence-corrected chi connectivity index (χ1v) is 5.44. The molecule has 0 heterocycles. The van der Waals surface area contributed by atoms with Crippen molar-refractivity contribution in [2.24, 2.45) is 4.99 Å². The van der Waals surface area contributed by atoms with E-state index < -0.39 is 0 Å². The van der Waals surface area contributed by atoms with E-state index in [-0.39, 0.29) is 5.91 Å². The first kappa shape index (κ1) is 11.8. The van der Waals surface area contributed by atoms with E-state index >= 15 is 0 Å². The van der Waals surface area contributed by atoms with Crippen molar-refractivity contribution < 1.29 is 4.79 Å². The second-order valence-electron chi connectivity index (χ2n) is 3.69. The van der Waals surface area contributed by atoms with Crippen LogP contribution in [0.4, 0.5) is 0 Å². The van der Waals surface area contributed by atoms with E-state index in [1.165, 1.54) is 0 Å². The Bertz CT molecular complexity index is 236. The molecule has 1 rings (SSSR count). The molecule has 1 fully saturated rings. The second-order valence-corrected chi connectivity index (χ2v) is 3.69. The molecule has 3 N–H and O–H groups in total. The zero-order chi connectivity index (χ0) is 11.1. The molecule has 0 spiro atoms. The summed E-state index contributed by atoms with van der Waals surface area (Å²) in [5.74, 6) is 0.927. The van der Waals surface area contributed by atoms with Crippen LogP contribution in [0.15, 0.2) is 4.99 Å². The van der Waals surface area contributed by atoms with Crippen molar-refractivity contribution in [1.29, 1.82) is 0 Å². The zero-order valence-electron chi connectivity index (χ0n) is 9.47. The number of carbonyl (C=O) groups is 1. The molecule has 1 amide bonds. The fourth-order valence-corrected chi connectivity index (χ4v) is 1.26. The van der Waals surface area contributed by atoms with Crippen molar-refractivity contribution >= 4 is 11.9 Å². The van der Waals surface area contributed by atoms with Gasteiger partial charge in [0.05, 0.1) is 0 Å². The number of hydrogen-bond acceptors (Lipinski definition) is 2. The minimum atomic E-state index is 0.166. The molecule has 5 heteroatoms. The lowest BCUT2D eigenvalue weighted by Crippen LogP contribution is -2.35. The van der Waals surface area contributed by atoms with E-state index in [4.69, 9.17) is 0 Å². The van der Waals surface area contributed by atoms with Crippen LogP contribution in [0.5, 0.6) is 0 Å². The Kier molecular flexibility index (Phi) is 4.93. The van der Waals surface area contributed by atoms with Gasteiger partial charge in [-0.05, 0) is 19.3 Å². The van der Waals surface area contributed by atoms with E-state index in [2.05, 4.69) is 20.9 Å². The van der Waals surface area contributed by atoms with Crippen LogP contribution in [0, 0.1) is 0 Å². The number of carbonyl (C=O) groups excluding carboxylic acids is 1. The highest BCUT2D eigenvalue weighted by molar-refractivity contribution is 5.79. The monoisotopic (exact) mass is 212 g/mol. The molecule has 15 heavy (non-hydrogen) atoms. The summed E-state index contributed by atoms with van der Waals surface area (Å²) in [6, 6.07) is 0.468. The quantitative estimate of drug-likeness (QED) is 0.337. The van der Waals surface area contributed by atoms with Gasteiger partial charge in [0.25, 0.3) is 0 Å². The molecule has 1 aliphatic rings. The number of hydrogen-bond donors (Lipinski definition) is 3. The Morgan fingerprint density at radius 1 is 1.47 bits per heavy atom. The third kappa shape index (κ3) is 5.24. The third-order valence-corrected chi connectivity index (χ3v) is 2.28. The number of aliphatic imine (C=N–C) groups is 1. The number of amides is 1. The van der Waals surface area contributed by atoms with Gasteiger partial charge in [-0.3, -0.25) is 9.79 Å². The highest BCUT2D eigenvalue weighted by atomic mass is 16.1. The Morgan fingerprint density at radius 2 is 2.20 bits per heavy atom. The van der Waals surface area contributed by atoms with Gasteiger partial charge in [0, 0.05) is 33.1 Å². The van der Waals surface area contributed by atoms with E-state index in [0.29, 0.717) is 12.5 Å². The molecule has 0 aromatic heterocycles. The predicted octanol–water partition coefficient (Wildman–Crippen LogP) is -0.160. The Labute approximate surface area is 90.7 Å². The molecule has 0 atom stereocenters. The minimum Gasteiger partial charge on any atom is -0.359 e. The molecule has 1 aliphatic carbocycles. The Morgan fingerprint density at radius 3 is 2.73 bits per heavy atom. The van der Waals surface area contributed by atoms with Gasteiger partial charge in [-0.15, -0.1) is 0 Å². The molecule has 0 radical (unpaired) electrons. The average molecular weight is 212 g/mol. The summed E-state index contributed by atoms with van der Waals surface area (Å²) in [5.41, 5.74) is 0. The fourth-order valence-electron chi connectivity index (χ4n) is 1.26. The van der Waals surface area contributed by atoms with Gasteiger partial charge in [-0.1, -0.05) is 0 Å². The van der Waals surface area contributed by atoms with Crippen LogP contribution in [-0.4, -0.2) is 38.5 Å². The van der Waals surface area contributed by atoms with Crippen LogP contribution >= 0.6 is 0 Å². The number of nitrogens with zero attached hydrogens (tertiary/aromatic N) is 1. The summed E-state index contributed by atoms with van der Waals surface area (Å²) in [4.78, 5) is 15.3. The minimum absolute atomic E-state index is 0.166. The van der Waals surface area contributed by atoms with Crippen molar-refractivity contribution in [3.63, 3.8) is 0 Å².